The summed E-state index contributed by atoms with van der Waals surface area (Å²) in [5.41, 5.74) is -0.542. The highest BCUT2D eigenvalue weighted by atomic mass is 35.5. The van der Waals surface area contributed by atoms with Gasteiger partial charge in [0.2, 0.25) is 0 Å². The molecule has 0 radical (unpaired) electrons. The molecule has 0 aliphatic carbocycles. The molecule has 1 aromatic rings. The first kappa shape index (κ1) is 14.3. The quantitative estimate of drug-likeness (QED) is 0.835. The van der Waals surface area contributed by atoms with Crippen LogP contribution >= 0.6 is 23.4 Å². The molecule has 0 aliphatic rings. The van der Waals surface area contributed by atoms with Gasteiger partial charge in [0.15, 0.2) is 0 Å². The lowest BCUT2D eigenvalue weighted by Crippen LogP contribution is -2.47. The second-order valence-corrected chi connectivity index (χ2v) is 5.78. The van der Waals surface area contributed by atoms with Gasteiger partial charge in [0.05, 0.1) is 16.1 Å². The summed E-state index contributed by atoms with van der Waals surface area (Å²) in [5, 5.41) is 13.9. The van der Waals surface area contributed by atoms with Crippen molar-refractivity contribution < 1.29 is 0 Å². The Labute approximate surface area is 112 Å². The third-order valence-corrected chi connectivity index (χ3v) is 3.55. The van der Waals surface area contributed by atoms with Crippen molar-refractivity contribution in [2.45, 2.75) is 37.4 Å². The van der Waals surface area contributed by atoms with Gasteiger partial charge in [0.25, 0.3) is 0 Å². The number of nitrogens with one attached hydrogen (secondary N) is 1. The second kappa shape index (κ2) is 6.25. The predicted molar refractivity (Wildman–Crippen MR) is 72.3 cm³/mol. The van der Waals surface area contributed by atoms with Crippen LogP contribution in [-0.2, 0) is 0 Å². The molecule has 1 atom stereocenters. The number of rotatable bonds is 5. The minimum atomic E-state index is -0.542. The Morgan fingerprint density at radius 1 is 1.59 bits per heavy atom. The normalized spacial score (nSPS) is 14.4. The molecular formula is C12H16ClN3S. The Morgan fingerprint density at radius 2 is 2.29 bits per heavy atom. The molecule has 92 valence electrons. The summed E-state index contributed by atoms with van der Waals surface area (Å²) >= 11 is 7.31. The topological polar surface area (TPSA) is 48.7 Å². The predicted octanol–water partition coefficient (Wildman–Crippen LogP) is 3.11. The maximum absolute atomic E-state index is 9.19. The van der Waals surface area contributed by atoms with E-state index < -0.39 is 5.54 Å². The van der Waals surface area contributed by atoms with Crippen LogP contribution in [0.15, 0.2) is 23.4 Å². The molecule has 1 rings (SSSR count). The van der Waals surface area contributed by atoms with Gasteiger partial charge in [-0.25, -0.2) is 4.98 Å². The molecule has 0 aromatic carbocycles. The van der Waals surface area contributed by atoms with Crippen LogP contribution in [0, 0.1) is 11.3 Å². The fourth-order valence-electron chi connectivity index (χ4n) is 1.41. The van der Waals surface area contributed by atoms with Crippen LogP contribution in [0.2, 0.25) is 5.02 Å². The first-order valence-electron chi connectivity index (χ1n) is 5.38. The Morgan fingerprint density at radius 3 is 2.76 bits per heavy atom. The van der Waals surface area contributed by atoms with Crippen molar-refractivity contribution in [3.8, 4) is 6.07 Å². The third kappa shape index (κ3) is 4.95. The van der Waals surface area contributed by atoms with E-state index in [1.54, 1.807) is 24.0 Å². The monoisotopic (exact) mass is 269 g/mol. The van der Waals surface area contributed by atoms with Crippen molar-refractivity contribution in [3.63, 3.8) is 0 Å². The number of nitrogens with zero attached hydrogens (tertiary/aromatic N) is 2. The number of nitriles is 1. The number of hydrogen-bond donors (Lipinski definition) is 1. The summed E-state index contributed by atoms with van der Waals surface area (Å²) in [7, 11) is 0. The van der Waals surface area contributed by atoms with Gasteiger partial charge in [-0.2, -0.15) is 5.26 Å². The molecular weight excluding hydrogens is 254 g/mol. The molecule has 17 heavy (non-hydrogen) atoms. The van der Waals surface area contributed by atoms with Gasteiger partial charge in [-0.3, -0.25) is 5.32 Å². The van der Waals surface area contributed by atoms with Crippen LogP contribution in [0.5, 0.6) is 0 Å². The largest absolute Gasteiger partial charge is 0.297 e. The molecule has 0 spiro atoms. The van der Waals surface area contributed by atoms with Crippen LogP contribution in [0.25, 0.3) is 0 Å². The SMILES string of the molecule is CC(C)NC(C)(C#N)CSc1ccc(Cl)cn1. The highest BCUT2D eigenvalue weighted by Crippen LogP contribution is 2.22. The van der Waals surface area contributed by atoms with E-state index in [9.17, 15) is 5.26 Å². The lowest BCUT2D eigenvalue weighted by molar-refractivity contribution is 0.443. The van der Waals surface area contributed by atoms with Gasteiger partial charge in [-0.1, -0.05) is 11.6 Å². The van der Waals surface area contributed by atoms with E-state index in [4.69, 9.17) is 11.6 Å². The summed E-state index contributed by atoms with van der Waals surface area (Å²) in [6, 6.07) is 6.25. The van der Waals surface area contributed by atoms with Gasteiger partial charge < -0.3 is 0 Å². The molecule has 1 unspecified atom stereocenters. The zero-order chi connectivity index (χ0) is 12.9. The van der Waals surface area contributed by atoms with Gasteiger partial charge in [0.1, 0.15) is 5.54 Å². The highest BCUT2D eigenvalue weighted by Gasteiger charge is 2.24. The molecule has 5 heteroatoms. The number of pyridine rings is 1. The lowest BCUT2D eigenvalue weighted by atomic mass is 10.1. The van der Waals surface area contributed by atoms with Crippen molar-refractivity contribution in [2.75, 3.05) is 5.75 Å². The summed E-state index contributed by atoms with van der Waals surface area (Å²) in [6.45, 7) is 5.96. The van der Waals surface area contributed by atoms with Crippen LogP contribution < -0.4 is 5.32 Å². The minimum absolute atomic E-state index is 0.276. The fraction of sp³-hybridized carbons (Fsp3) is 0.500. The van der Waals surface area contributed by atoms with Crippen LogP contribution in [0.1, 0.15) is 20.8 Å². The zero-order valence-electron chi connectivity index (χ0n) is 10.2. The number of hydrogen-bond acceptors (Lipinski definition) is 4. The minimum Gasteiger partial charge on any atom is -0.297 e. The van der Waals surface area contributed by atoms with E-state index in [0.29, 0.717) is 10.8 Å². The van der Waals surface area contributed by atoms with Crippen molar-refractivity contribution in [1.29, 1.82) is 5.26 Å². The summed E-state index contributed by atoms with van der Waals surface area (Å²) in [6.07, 6.45) is 1.61. The van der Waals surface area contributed by atoms with Crippen molar-refractivity contribution >= 4 is 23.4 Å². The van der Waals surface area contributed by atoms with Crippen LogP contribution in [-0.4, -0.2) is 22.3 Å². The van der Waals surface area contributed by atoms with Gasteiger partial charge in [0, 0.05) is 18.0 Å². The Balaban J connectivity index is 2.59. The van der Waals surface area contributed by atoms with Gasteiger partial charge in [-0.15, -0.1) is 11.8 Å². The standard InChI is InChI=1S/C12H16ClN3S/c1-9(2)16-12(3,7-14)8-17-11-5-4-10(13)6-15-11/h4-6,9,16H,8H2,1-3H3. The lowest BCUT2D eigenvalue weighted by Gasteiger charge is -2.25. The number of aromatic nitrogens is 1. The molecule has 1 heterocycles. The van der Waals surface area contributed by atoms with E-state index >= 15 is 0 Å². The average molecular weight is 270 g/mol. The van der Waals surface area contributed by atoms with E-state index in [-0.39, 0.29) is 6.04 Å². The fourth-order valence-corrected chi connectivity index (χ4v) is 2.40. The maximum Gasteiger partial charge on any atom is 0.113 e. The molecule has 0 fully saturated rings. The zero-order valence-corrected chi connectivity index (χ0v) is 11.8. The van der Waals surface area contributed by atoms with Crippen molar-refractivity contribution in [1.82, 2.24) is 10.3 Å². The summed E-state index contributed by atoms with van der Waals surface area (Å²) in [4.78, 5) is 4.19. The van der Waals surface area contributed by atoms with E-state index in [2.05, 4.69) is 16.4 Å². The molecule has 0 bridgehead atoms. The number of thioether (sulfide) groups is 1. The van der Waals surface area contributed by atoms with Crippen LogP contribution in [0.4, 0.5) is 0 Å². The van der Waals surface area contributed by atoms with Crippen molar-refractivity contribution in [2.24, 2.45) is 0 Å². The molecule has 1 N–H and O–H groups in total. The average Bonchev–Trinajstić information content (AvgIpc) is 2.27. The Bertz CT molecular complexity index is 399. The molecule has 0 saturated heterocycles. The smallest absolute Gasteiger partial charge is 0.113 e. The Hall–Kier alpha value is -0.760. The first-order chi connectivity index (χ1) is 7.95. The van der Waals surface area contributed by atoms with Gasteiger partial charge >= 0.3 is 0 Å². The van der Waals surface area contributed by atoms with Crippen molar-refractivity contribution in [3.05, 3.63) is 23.4 Å². The highest BCUT2D eigenvalue weighted by molar-refractivity contribution is 7.99. The molecule has 0 aliphatic heterocycles. The second-order valence-electron chi connectivity index (χ2n) is 4.35. The number of halogens is 1. The third-order valence-electron chi connectivity index (χ3n) is 2.06. The molecule has 0 amide bonds. The van der Waals surface area contributed by atoms with Gasteiger partial charge in [-0.05, 0) is 32.9 Å². The first-order valence-corrected chi connectivity index (χ1v) is 6.75. The maximum atomic E-state index is 9.19. The van der Waals surface area contributed by atoms with E-state index in [1.165, 1.54) is 0 Å². The van der Waals surface area contributed by atoms with Crippen LogP contribution in [0.3, 0.4) is 0 Å². The summed E-state index contributed by atoms with van der Waals surface area (Å²) < 4.78 is 0. The molecule has 3 nitrogen and oxygen atoms in total. The summed E-state index contributed by atoms with van der Waals surface area (Å²) in [5.74, 6) is 0.649. The Kier molecular flexibility index (Phi) is 5.26. The molecule has 1 aromatic heterocycles. The molecule has 0 saturated carbocycles. The van der Waals surface area contributed by atoms with E-state index in [0.717, 1.165) is 5.03 Å². The van der Waals surface area contributed by atoms with E-state index in [1.807, 2.05) is 26.8 Å².